The molecule has 0 spiro atoms. The van der Waals surface area contributed by atoms with E-state index in [-0.39, 0.29) is 5.82 Å². The Kier molecular flexibility index (Phi) is 5.17. The number of alkyl halides is 1. The highest BCUT2D eigenvalue weighted by Crippen LogP contribution is 2.28. The molecule has 0 bridgehead atoms. The van der Waals surface area contributed by atoms with Gasteiger partial charge in [-0.1, -0.05) is 61.7 Å². The molecule has 0 amide bonds. The summed E-state index contributed by atoms with van der Waals surface area (Å²) in [6.07, 6.45) is 0.813. The van der Waals surface area contributed by atoms with Gasteiger partial charge in [-0.05, 0) is 48.6 Å². The van der Waals surface area contributed by atoms with Gasteiger partial charge in [0.2, 0.25) is 0 Å². The smallest absolute Gasteiger partial charge is 0.123 e. The number of hydrogen-bond donors (Lipinski definition) is 0. The molecule has 2 aromatic rings. The average Bonchev–Trinajstić information content (AvgIpc) is 2.39. The van der Waals surface area contributed by atoms with Crippen LogP contribution in [0.3, 0.4) is 0 Å². The molecule has 0 aliphatic rings. The fourth-order valence-electron chi connectivity index (χ4n) is 2.15. The molecule has 3 heteroatoms. The van der Waals surface area contributed by atoms with Crippen molar-refractivity contribution >= 4 is 31.9 Å². The molecule has 2 rings (SSSR count). The fraction of sp³-hybridized carbons (Fsp3) is 0.250. The summed E-state index contributed by atoms with van der Waals surface area (Å²) in [5.74, 6) is 0.161. The van der Waals surface area contributed by atoms with E-state index >= 15 is 0 Å². The van der Waals surface area contributed by atoms with Crippen LogP contribution in [0.15, 0.2) is 46.9 Å². The quantitative estimate of drug-likeness (QED) is 0.599. The first-order valence-corrected chi connectivity index (χ1v) is 8.08. The minimum Gasteiger partial charge on any atom is -0.207 e. The zero-order valence-electron chi connectivity index (χ0n) is 10.7. The van der Waals surface area contributed by atoms with E-state index in [1.165, 1.54) is 17.2 Å². The van der Waals surface area contributed by atoms with Gasteiger partial charge in [-0.15, -0.1) is 0 Å². The van der Waals surface area contributed by atoms with Crippen molar-refractivity contribution in [2.24, 2.45) is 0 Å². The van der Waals surface area contributed by atoms with Gasteiger partial charge in [0.25, 0.3) is 0 Å². The SMILES string of the molecule is Cc1cccc(C(CBr)Cc2cc(F)ccc2Br)c1. The molecule has 2 aromatic carbocycles. The minimum absolute atomic E-state index is 0.184. The molecule has 0 nitrogen and oxygen atoms in total. The Balaban J connectivity index is 2.26. The molecule has 19 heavy (non-hydrogen) atoms. The van der Waals surface area contributed by atoms with Crippen molar-refractivity contribution in [3.63, 3.8) is 0 Å². The summed E-state index contributed by atoms with van der Waals surface area (Å²) in [6.45, 7) is 2.09. The van der Waals surface area contributed by atoms with Crippen molar-refractivity contribution in [2.45, 2.75) is 19.3 Å². The maximum absolute atomic E-state index is 13.3. The van der Waals surface area contributed by atoms with Crippen molar-refractivity contribution in [3.05, 3.63) is 69.4 Å². The van der Waals surface area contributed by atoms with E-state index in [0.717, 1.165) is 21.8 Å². The first-order valence-electron chi connectivity index (χ1n) is 6.16. The van der Waals surface area contributed by atoms with Crippen molar-refractivity contribution in [1.29, 1.82) is 0 Å². The second kappa shape index (κ2) is 6.67. The monoisotopic (exact) mass is 384 g/mol. The largest absolute Gasteiger partial charge is 0.207 e. The number of benzene rings is 2. The molecular weight excluding hydrogens is 371 g/mol. The van der Waals surface area contributed by atoms with Gasteiger partial charge in [-0.2, -0.15) is 0 Å². The third-order valence-electron chi connectivity index (χ3n) is 3.17. The molecule has 1 atom stereocenters. The van der Waals surface area contributed by atoms with E-state index in [0.29, 0.717) is 5.92 Å². The third-order valence-corrected chi connectivity index (χ3v) is 4.73. The number of halogens is 3. The predicted molar refractivity (Wildman–Crippen MR) is 85.5 cm³/mol. The summed E-state index contributed by atoms with van der Waals surface area (Å²) in [5, 5.41) is 0.861. The van der Waals surface area contributed by atoms with Crippen LogP contribution in [0, 0.1) is 12.7 Å². The second-order valence-corrected chi connectivity index (χ2v) is 6.21. The average molecular weight is 386 g/mol. The van der Waals surface area contributed by atoms with Crippen molar-refractivity contribution in [2.75, 3.05) is 5.33 Å². The third kappa shape index (κ3) is 3.90. The molecule has 0 saturated heterocycles. The number of rotatable bonds is 4. The van der Waals surface area contributed by atoms with Gasteiger partial charge < -0.3 is 0 Å². The Morgan fingerprint density at radius 1 is 1.16 bits per heavy atom. The summed E-state index contributed by atoms with van der Waals surface area (Å²) in [7, 11) is 0. The molecule has 0 aliphatic carbocycles. The van der Waals surface area contributed by atoms with Crippen LogP contribution in [-0.4, -0.2) is 5.33 Å². The van der Waals surface area contributed by atoms with Gasteiger partial charge in [0.05, 0.1) is 0 Å². The number of hydrogen-bond acceptors (Lipinski definition) is 0. The summed E-state index contributed by atoms with van der Waals surface area (Å²) in [5.41, 5.74) is 3.54. The zero-order chi connectivity index (χ0) is 13.8. The summed E-state index contributed by atoms with van der Waals surface area (Å²) >= 11 is 7.06. The lowest BCUT2D eigenvalue weighted by Crippen LogP contribution is -2.05. The fourth-order valence-corrected chi connectivity index (χ4v) is 3.16. The predicted octanol–water partition coefficient (Wildman–Crippen LogP) is 5.62. The van der Waals surface area contributed by atoms with E-state index in [9.17, 15) is 4.39 Å². The van der Waals surface area contributed by atoms with Crippen LogP contribution in [0.4, 0.5) is 4.39 Å². The Morgan fingerprint density at radius 3 is 2.63 bits per heavy atom. The van der Waals surface area contributed by atoms with Gasteiger partial charge in [-0.25, -0.2) is 4.39 Å². The topological polar surface area (TPSA) is 0 Å². The van der Waals surface area contributed by atoms with Gasteiger partial charge in [0.15, 0.2) is 0 Å². The van der Waals surface area contributed by atoms with E-state index < -0.39 is 0 Å². The van der Waals surface area contributed by atoms with E-state index in [1.54, 1.807) is 12.1 Å². The lowest BCUT2D eigenvalue weighted by Gasteiger charge is -2.16. The maximum Gasteiger partial charge on any atom is 0.123 e. The minimum atomic E-state index is -0.184. The Morgan fingerprint density at radius 2 is 1.95 bits per heavy atom. The summed E-state index contributed by atoms with van der Waals surface area (Å²) in [4.78, 5) is 0. The van der Waals surface area contributed by atoms with E-state index in [2.05, 4.69) is 63.0 Å². The van der Waals surface area contributed by atoms with Gasteiger partial charge in [0, 0.05) is 9.80 Å². The molecule has 1 unspecified atom stereocenters. The molecule has 0 radical (unpaired) electrons. The highest BCUT2D eigenvalue weighted by atomic mass is 79.9. The first-order chi connectivity index (χ1) is 9.10. The molecular formula is C16H15Br2F. The molecule has 0 aromatic heterocycles. The summed E-state index contributed by atoms with van der Waals surface area (Å²) < 4.78 is 14.3. The zero-order valence-corrected chi connectivity index (χ0v) is 13.8. The van der Waals surface area contributed by atoms with Gasteiger partial charge in [0.1, 0.15) is 5.82 Å². The van der Waals surface area contributed by atoms with Crippen LogP contribution in [-0.2, 0) is 6.42 Å². The molecule has 0 fully saturated rings. The van der Waals surface area contributed by atoms with Gasteiger partial charge in [-0.3, -0.25) is 0 Å². The van der Waals surface area contributed by atoms with Crippen LogP contribution in [0.1, 0.15) is 22.6 Å². The molecule has 0 heterocycles. The Labute approximate surface area is 130 Å². The Hall–Kier alpha value is -0.670. The lowest BCUT2D eigenvalue weighted by molar-refractivity contribution is 0.623. The second-order valence-electron chi connectivity index (χ2n) is 4.71. The molecule has 0 aliphatic heterocycles. The van der Waals surface area contributed by atoms with E-state index in [1.807, 2.05) is 0 Å². The standard InChI is InChI=1S/C16H15Br2F/c1-11-3-2-4-12(7-11)14(10-17)8-13-9-15(19)5-6-16(13)18/h2-7,9,14H,8,10H2,1H3. The van der Waals surface area contributed by atoms with E-state index in [4.69, 9.17) is 0 Å². The van der Waals surface area contributed by atoms with Crippen LogP contribution < -0.4 is 0 Å². The number of aryl methyl sites for hydroxylation is 1. The summed E-state index contributed by atoms with van der Waals surface area (Å²) in [6, 6.07) is 13.3. The van der Waals surface area contributed by atoms with Crippen LogP contribution >= 0.6 is 31.9 Å². The molecule has 100 valence electrons. The van der Waals surface area contributed by atoms with Crippen molar-refractivity contribution in [1.82, 2.24) is 0 Å². The normalized spacial score (nSPS) is 12.4. The van der Waals surface area contributed by atoms with Crippen LogP contribution in [0.2, 0.25) is 0 Å². The lowest BCUT2D eigenvalue weighted by atomic mass is 9.93. The highest BCUT2D eigenvalue weighted by Gasteiger charge is 2.13. The van der Waals surface area contributed by atoms with Crippen LogP contribution in [0.25, 0.3) is 0 Å². The van der Waals surface area contributed by atoms with Crippen molar-refractivity contribution < 1.29 is 4.39 Å². The molecule has 0 N–H and O–H groups in total. The highest BCUT2D eigenvalue weighted by molar-refractivity contribution is 9.10. The van der Waals surface area contributed by atoms with Crippen molar-refractivity contribution in [3.8, 4) is 0 Å². The maximum atomic E-state index is 13.3. The molecule has 0 saturated carbocycles. The first kappa shape index (κ1) is 14.7. The van der Waals surface area contributed by atoms with Crippen LogP contribution in [0.5, 0.6) is 0 Å². The Bertz CT molecular complexity index is 566. The van der Waals surface area contributed by atoms with Gasteiger partial charge >= 0.3 is 0 Å².